The molecule has 0 aliphatic rings. The van der Waals surface area contributed by atoms with Crippen LogP contribution in [0, 0.1) is 0 Å². The van der Waals surface area contributed by atoms with Gasteiger partial charge in [0.05, 0.1) is 26.9 Å². The van der Waals surface area contributed by atoms with Gasteiger partial charge in [-0.3, -0.25) is 4.79 Å². The highest BCUT2D eigenvalue weighted by Crippen LogP contribution is 2.28. The van der Waals surface area contributed by atoms with Crippen molar-refractivity contribution in [1.29, 1.82) is 0 Å². The molecule has 0 aliphatic carbocycles. The van der Waals surface area contributed by atoms with Gasteiger partial charge in [-0.15, -0.1) is 11.8 Å². The summed E-state index contributed by atoms with van der Waals surface area (Å²) in [7, 11) is 4.78. The predicted octanol–water partition coefficient (Wildman–Crippen LogP) is 3.41. The zero-order chi connectivity index (χ0) is 18.2. The average Bonchev–Trinajstić information content (AvgIpc) is 2.66. The van der Waals surface area contributed by atoms with Gasteiger partial charge < -0.3 is 19.5 Å². The Kier molecular flexibility index (Phi) is 7.01. The molecule has 1 amide bonds. The Balaban J connectivity index is 1.99. The third kappa shape index (κ3) is 4.82. The van der Waals surface area contributed by atoms with Gasteiger partial charge >= 0.3 is 0 Å². The molecule has 0 radical (unpaired) electrons. The summed E-state index contributed by atoms with van der Waals surface area (Å²) in [5, 5.41) is 2.93. The lowest BCUT2D eigenvalue weighted by atomic mass is 10.1. The summed E-state index contributed by atoms with van der Waals surface area (Å²) < 4.78 is 15.8. The topological polar surface area (TPSA) is 56.8 Å². The minimum absolute atomic E-state index is 0.148. The van der Waals surface area contributed by atoms with Crippen molar-refractivity contribution in [2.75, 3.05) is 34.1 Å². The molecule has 0 spiro atoms. The zero-order valence-corrected chi connectivity index (χ0v) is 15.7. The highest BCUT2D eigenvalue weighted by Gasteiger charge is 2.12. The maximum Gasteiger partial charge on any atom is 0.255 e. The summed E-state index contributed by atoms with van der Waals surface area (Å²) in [5.74, 6) is 1.80. The summed E-state index contributed by atoms with van der Waals surface area (Å²) in [6, 6.07) is 11.3. The quantitative estimate of drug-likeness (QED) is 0.730. The predicted molar refractivity (Wildman–Crippen MR) is 100 cm³/mol. The molecule has 0 bridgehead atoms. The van der Waals surface area contributed by atoms with E-state index >= 15 is 0 Å². The van der Waals surface area contributed by atoms with E-state index in [1.165, 1.54) is 0 Å². The van der Waals surface area contributed by atoms with Gasteiger partial charge in [0.1, 0.15) is 5.75 Å². The normalized spacial score (nSPS) is 10.2. The first-order chi connectivity index (χ1) is 12.1. The number of carbonyl (C=O) groups excluding carboxylic acids is 1. The summed E-state index contributed by atoms with van der Waals surface area (Å²) in [6.45, 7) is 0.516. The van der Waals surface area contributed by atoms with Crippen molar-refractivity contribution < 1.29 is 19.0 Å². The molecule has 25 heavy (non-hydrogen) atoms. The van der Waals surface area contributed by atoms with E-state index in [0.29, 0.717) is 35.8 Å². The van der Waals surface area contributed by atoms with Gasteiger partial charge in [-0.1, -0.05) is 6.07 Å². The molecule has 5 nitrogen and oxygen atoms in total. The first-order valence-corrected chi connectivity index (χ1v) is 9.06. The number of ether oxygens (including phenoxy) is 3. The van der Waals surface area contributed by atoms with Crippen LogP contribution in [0.15, 0.2) is 41.3 Å². The van der Waals surface area contributed by atoms with E-state index in [0.717, 1.165) is 10.5 Å². The second-order valence-corrected chi connectivity index (χ2v) is 6.14. The van der Waals surface area contributed by atoms with Gasteiger partial charge in [-0.25, -0.2) is 0 Å². The second-order valence-electron chi connectivity index (χ2n) is 5.26. The summed E-state index contributed by atoms with van der Waals surface area (Å²) >= 11 is 1.61. The number of rotatable bonds is 8. The monoisotopic (exact) mass is 361 g/mol. The SMILES string of the molecule is COc1ccc(CCNC(=O)c2ccc(SC)cc2OC)cc1OC. The number of hydrogen-bond donors (Lipinski definition) is 1. The van der Waals surface area contributed by atoms with E-state index in [4.69, 9.17) is 14.2 Å². The molecule has 2 rings (SSSR count). The highest BCUT2D eigenvalue weighted by atomic mass is 32.2. The van der Waals surface area contributed by atoms with Crippen LogP contribution in [0.2, 0.25) is 0 Å². The van der Waals surface area contributed by atoms with Crippen molar-refractivity contribution in [2.45, 2.75) is 11.3 Å². The molecular weight excluding hydrogens is 338 g/mol. The van der Waals surface area contributed by atoms with Crippen LogP contribution in [0.1, 0.15) is 15.9 Å². The molecule has 0 atom stereocenters. The lowest BCUT2D eigenvalue weighted by Gasteiger charge is -2.12. The van der Waals surface area contributed by atoms with Crippen molar-refractivity contribution in [3.05, 3.63) is 47.5 Å². The second kappa shape index (κ2) is 9.22. The van der Waals surface area contributed by atoms with Crippen LogP contribution >= 0.6 is 11.8 Å². The van der Waals surface area contributed by atoms with Crippen LogP contribution < -0.4 is 19.5 Å². The lowest BCUT2D eigenvalue weighted by Crippen LogP contribution is -2.26. The number of nitrogens with one attached hydrogen (secondary N) is 1. The zero-order valence-electron chi connectivity index (χ0n) is 14.9. The summed E-state index contributed by atoms with van der Waals surface area (Å²) in [6.07, 6.45) is 2.68. The summed E-state index contributed by atoms with van der Waals surface area (Å²) in [4.78, 5) is 13.4. The van der Waals surface area contributed by atoms with Crippen LogP contribution in [0.4, 0.5) is 0 Å². The lowest BCUT2D eigenvalue weighted by molar-refractivity contribution is 0.0951. The minimum atomic E-state index is -0.148. The first kappa shape index (κ1) is 19.0. The van der Waals surface area contributed by atoms with E-state index in [1.807, 2.05) is 36.6 Å². The molecule has 0 saturated heterocycles. The van der Waals surface area contributed by atoms with E-state index in [9.17, 15) is 4.79 Å². The van der Waals surface area contributed by atoms with Gasteiger partial charge in [-0.2, -0.15) is 0 Å². The third-order valence-corrected chi connectivity index (χ3v) is 4.53. The Morgan fingerprint density at radius 1 is 0.960 bits per heavy atom. The Hall–Kier alpha value is -2.34. The van der Waals surface area contributed by atoms with Gasteiger partial charge in [0.15, 0.2) is 11.5 Å². The molecule has 0 fully saturated rings. The first-order valence-electron chi connectivity index (χ1n) is 7.84. The van der Waals surface area contributed by atoms with Gasteiger partial charge in [0.25, 0.3) is 5.91 Å². The molecule has 0 heterocycles. The molecular formula is C19H23NO4S. The van der Waals surface area contributed by atoms with Gasteiger partial charge in [0, 0.05) is 11.4 Å². The van der Waals surface area contributed by atoms with Crippen LogP contribution in [-0.2, 0) is 6.42 Å². The van der Waals surface area contributed by atoms with Crippen LogP contribution in [0.3, 0.4) is 0 Å². The van der Waals surface area contributed by atoms with Crippen molar-refractivity contribution in [3.63, 3.8) is 0 Å². The van der Waals surface area contributed by atoms with Crippen molar-refractivity contribution in [2.24, 2.45) is 0 Å². The maximum absolute atomic E-state index is 12.4. The number of hydrogen-bond acceptors (Lipinski definition) is 5. The van der Waals surface area contributed by atoms with Crippen LogP contribution in [0.5, 0.6) is 17.2 Å². The molecule has 0 unspecified atom stereocenters. The third-order valence-electron chi connectivity index (χ3n) is 3.80. The fraction of sp³-hybridized carbons (Fsp3) is 0.316. The van der Waals surface area contributed by atoms with E-state index in [1.54, 1.807) is 39.2 Å². The van der Waals surface area contributed by atoms with E-state index in [-0.39, 0.29) is 5.91 Å². The minimum Gasteiger partial charge on any atom is -0.496 e. The fourth-order valence-electron chi connectivity index (χ4n) is 2.44. The Morgan fingerprint density at radius 3 is 2.32 bits per heavy atom. The van der Waals surface area contributed by atoms with Crippen LogP contribution in [-0.4, -0.2) is 40.0 Å². The molecule has 1 N–H and O–H groups in total. The number of benzene rings is 2. The number of carbonyl (C=O) groups is 1. The number of methoxy groups -OCH3 is 3. The molecule has 6 heteroatoms. The molecule has 0 aliphatic heterocycles. The molecule has 2 aromatic rings. The fourth-order valence-corrected chi connectivity index (χ4v) is 2.87. The van der Waals surface area contributed by atoms with Crippen molar-refractivity contribution in [3.8, 4) is 17.2 Å². The largest absolute Gasteiger partial charge is 0.496 e. The Labute approximate surface area is 152 Å². The summed E-state index contributed by atoms with van der Waals surface area (Å²) in [5.41, 5.74) is 1.59. The highest BCUT2D eigenvalue weighted by molar-refractivity contribution is 7.98. The Bertz CT molecular complexity index is 733. The standard InChI is InChI=1S/C19H23NO4S/c1-22-16-8-5-13(11-18(16)24-3)9-10-20-19(21)15-7-6-14(25-4)12-17(15)23-2/h5-8,11-12H,9-10H2,1-4H3,(H,20,21). The number of amides is 1. The molecule has 134 valence electrons. The van der Waals surface area contributed by atoms with E-state index in [2.05, 4.69) is 5.32 Å². The van der Waals surface area contributed by atoms with Gasteiger partial charge in [-0.05, 0) is 48.6 Å². The molecule has 2 aromatic carbocycles. The number of thioether (sulfide) groups is 1. The van der Waals surface area contributed by atoms with Crippen LogP contribution in [0.25, 0.3) is 0 Å². The van der Waals surface area contributed by atoms with Gasteiger partial charge in [0.2, 0.25) is 0 Å². The van der Waals surface area contributed by atoms with Crippen molar-refractivity contribution >= 4 is 17.7 Å². The van der Waals surface area contributed by atoms with E-state index < -0.39 is 0 Å². The van der Waals surface area contributed by atoms with Crippen molar-refractivity contribution in [1.82, 2.24) is 5.32 Å². The smallest absolute Gasteiger partial charge is 0.255 e. The molecule has 0 aromatic heterocycles. The molecule has 0 saturated carbocycles. The maximum atomic E-state index is 12.4. The Morgan fingerprint density at radius 2 is 1.68 bits per heavy atom. The average molecular weight is 361 g/mol.